The molecule has 0 atom stereocenters. The van der Waals surface area contributed by atoms with E-state index in [2.05, 4.69) is 25.6 Å². The summed E-state index contributed by atoms with van der Waals surface area (Å²) < 4.78 is 7.25. The minimum Gasteiger partial charge on any atom is -0.462 e. The summed E-state index contributed by atoms with van der Waals surface area (Å²) in [6.45, 7) is 6.62. The van der Waals surface area contributed by atoms with E-state index < -0.39 is 0 Å². The lowest BCUT2D eigenvalue weighted by Gasteiger charge is -2.34. The normalized spacial score (nSPS) is 15.2. The van der Waals surface area contributed by atoms with Crippen molar-refractivity contribution in [1.82, 2.24) is 29.8 Å². The fraction of sp³-hybridized carbons (Fsp3) is 0.333. The molecule has 0 spiro atoms. The van der Waals surface area contributed by atoms with Crippen molar-refractivity contribution in [1.29, 1.82) is 0 Å². The predicted molar refractivity (Wildman–Crippen MR) is 114 cm³/mol. The van der Waals surface area contributed by atoms with E-state index in [1.807, 2.05) is 46.8 Å². The molecule has 1 amide bonds. The van der Waals surface area contributed by atoms with Crippen LogP contribution in [0.3, 0.4) is 0 Å². The molecule has 30 heavy (non-hydrogen) atoms. The number of benzene rings is 1. The molecule has 4 heterocycles. The predicted octanol–water partition coefficient (Wildman–Crippen LogP) is 3.13. The lowest BCUT2D eigenvalue weighted by Crippen LogP contribution is -2.48. The van der Waals surface area contributed by atoms with Gasteiger partial charge < -0.3 is 9.32 Å². The number of hydrogen-bond acceptors (Lipinski definition) is 7. The second kappa shape index (κ2) is 8.00. The van der Waals surface area contributed by atoms with Gasteiger partial charge in [-0.25, -0.2) is 9.67 Å². The SMILES string of the molecule is CCn1nnc2cc(C(=O)N3CCN(Cc4csc(-c5ccco5)n4)CC3)ccc21. The molecular formula is C21H22N6O2S. The molecule has 5 rings (SSSR count). The molecule has 1 aliphatic rings. The average molecular weight is 423 g/mol. The van der Waals surface area contributed by atoms with Crippen molar-refractivity contribution in [3.63, 3.8) is 0 Å². The summed E-state index contributed by atoms with van der Waals surface area (Å²) in [5, 5.41) is 11.3. The number of carbonyl (C=O) groups excluding carboxylic acids is 1. The topological polar surface area (TPSA) is 80.3 Å². The van der Waals surface area contributed by atoms with Crippen LogP contribution in [-0.4, -0.2) is 61.9 Å². The van der Waals surface area contributed by atoms with Gasteiger partial charge in [0.15, 0.2) is 10.8 Å². The lowest BCUT2D eigenvalue weighted by atomic mass is 10.1. The van der Waals surface area contributed by atoms with Crippen LogP contribution in [0.25, 0.3) is 21.8 Å². The quantitative estimate of drug-likeness (QED) is 0.492. The van der Waals surface area contributed by atoms with E-state index in [0.717, 1.165) is 53.7 Å². The maximum absolute atomic E-state index is 13.0. The van der Waals surface area contributed by atoms with Gasteiger partial charge in [-0.05, 0) is 37.3 Å². The molecule has 1 aromatic carbocycles. The highest BCUT2D eigenvalue weighted by Gasteiger charge is 2.23. The third-order valence-electron chi connectivity index (χ3n) is 5.39. The first kappa shape index (κ1) is 19.0. The van der Waals surface area contributed by atoms with E-state index in [1.54, 1.807) is 17.6 Å². The van der Waals surface area contributed by atoms with Crippen LogP contribution in [0.4, 0.5) is 0 Å². The Morgan fingerprint density at radius 2 is 2.07 bits per heavy atom. The van der Waals surface area contributed by atoms with Crippen molar-refractivity contribution < 1.29 is 9.21 Å². The molecular weight excluding hydrogens is 400 g/mol. The van der Waals surface area contributed by atoms with Gasteiger partial charge in [-0.3, -0.25) is 9.69 Å². The van der Waals surface area contributed by atoms with Gasteiger partial charge in [0.2, 0.25) is 0 Å². The van der Waals surface area contributed by atoms with Crippen LogP contribution >= 0.6 is 11.3 Å². The highest BCUT2D eigenvalue weighted by atomic mass is 32.1. The highest BCUT2D eigenvalue weighted by molar-refractivity contribution is 7.13. The van der Waals surface area contributed by atoms with E-state index in [-0.39, 0.29) is 5.91 Å². The van der Waals surface area contributed by atoms with Crippen molar-refractivity contribution in [2.24, 2.45) is 0 Å². The Labute approximate surface area is 177 Å². The molecule has 1 aliphatic heterocycles. The second-order valence-electron chi connectivity index (χ2n) is 7.30. The molecule has 8 nitrogen and oxygen atoms in total. The van der Waals surface area contributed by atoms with Crippen LogP contribution in [-0.2, 0) is 13.1 Å². The first-order chi connectivity index (χ1) is 14.7. The zero-order chi connectivity index (χ0) is 20.5. The van der Waals surface area contributed by atoms with Gasteiger partial charge in [-0.2, -0.15) is 0 Å². The largest absolute Gasteiger partial charge is 0.462 e. The number of amides is 1. The first-order valence-electron chi connectivity index (χ1n) is 10.0. The van der Waals surface area contributed by atoms with Crippen molar-refractivity contribution in [2.75, 3.05) is 26.2 Å². The minimum atomic E-state index is 0.0522. The van der Waals surface area contributed by atoms with Crippen LogP contribution in [0.2, 0.25) is 0 Å². The lowest BCUT2D eigenvalue weighted by molar-refractivity contribution is 0.0627. The fourth-order valence-corrected chi connectivity index (χ4v) is 4.53. The first-order valence-corrected chi connectivity index (χ1v) is 10.9. The number of aryl methyl sites for hydroxylation is 1. The van der Waals surface area contributed by atoms with Crippen molar-refractivity contribution in [3.05, 3.63) is 53.2 Å². The number of furan rings is 1. The number of aromatic nitrogens is 4. The summed E-state index contributed by atoms with van der Waals surface area (Å²) in [7, 11) is 0. The Kier molecular flexibility index (Phi) is 5.06. The van der Waals surface area contributed by atoms with Gasteiger partial charge in [-0.15, -0.1) is 16.4 Å². The number of fused-ring (bicyclic) bond motifs is 1. The number of hydrogen-bond donors (Lipinski definition) is 0. The standard InChI is InChI=1S/C21H22N6O2S/c1-2-27-18-6-5-15(12-17(18)23-24-27)21(28)26-9-7-25(8-10-26)13-16-14-30-20(22-16)19-4-3-11-29-19/h3-6,11-12,14H,2,7-10,13H2,1H3. The van der Waals surface area contributed by atoms with Crippen LogP contribution in [0, 0.1) is 0 Å². The summed E-state index contributed by atoms with van der Waals surface area (Å²) in [6, 6.07) is 9.44. The smallest absolute Gasteiger partial charge is 0.254 e. The maximum atomic E-state index is 13.0. The van der Waals surface area contributed by atoms with Gasteiger partial charge in [0, 0.05) is 50.2 Å². The van der Waals surface area contributed by atoms with Crippen molar-refractivity contribution >= 4 is 28.3 Å². The van der Waals surface area contributed by atoms with E-state index >= 15 is 0 Å². The molecule has 154 valence electrons. The zero-order valence-electron chi connectivity index (χ0n) is 16.7. The molecule has 9 heteroatoms. The summed E-state index contributed by atoms with van der Waals surface area (Å²) in [5.74, 6) is 0.856. The molecule has 0 saturated carbocycles. The Balaban J connectivity index is 1.20. The summed E-state index contributed by atoms with van der Waals surface area (Å²) in [4.78, 5) is 21.9. The Bertz CT molecular complexity index is 1160. The van der Waals surface area contributed by atoms with E-state index in [9.17, 15) is 4.79 Å². The second-order valence-corrected chi connectivity index (χ2v) is 8.16. The highest BCUT2D eigenvalue weighted by Crippen LogP contribution is 2.25. The summed E-state index contributed by atoms with van der Waals surface area (Å²) in [5.41, 5.74) is 3.42. The summed E-state index contributed by atoms with van der Waals surface area (Å²) in [6.07, 6.45) is 1.66. The zero-order valence-corrected chi connectivity index (χ0v) is 17.5. The fourth-order valence-electron chi connectivity index (χ4n) is 3.75. The molecule has 0 unspecified atom stereocenters. The number of thiazole rings is 1. The van der Waals surface area contributed by atoms with Gasteiger partial charge in [0.05, 0.1) is 17.5 Å². The van der Waals surface area contributed by atoms with Gasteiger partial charge >= 0.3 is 0 Å². The molecule has 0 radical (unpaired) electrons. The molecule has 0 aliphatic carbocycles. The molecule has 3 aromatic heterocycles. The van der Waals surface area contributed by atoms with Crippen molar-refractivity contribution in [3.8, 4) is 10.8 Å². The van der Waals surface area contributed by atoms with Crippen LogP contribution in [0.5, 0.6) is 0 Å². The maximum Gasteiger partial charge on any atom is 0.254 e. The molecule has 1 fully saturated rings. The number of nitrogens with zero attached hydrogens (tertiary/aromatic N) is 6. The third-order valence-corrected chi connectivity index (χ3v) is 6.29. The minimum absolute atomic E-state index is 0.0522. The Morgan fingerprint density at radius 3 is 2.83 bits per heavy atom. The average Bonchev–Trinajstić information content (AvgIpc) is 3.53. The Hall–Kier alpha value is -3.04. The molecule has 4 aromatic rings. The monoisotopic (exact) mass is 422 g/mol. The molecule has 0 N–H and O–H groups in total. The summed E-state index contributed by atoms with van der Waals surface area (Å²) >= 11 is 1.59. The number of rotatable bonds is 5. The third kappa shape index (κ3) is 3.61. The Morgan fingerprint density at radius 1 is 1.20 bits per heavy atom. The van der Waals surface area contributed by atoms with Crippen LogP contribution in [0.1, 0.15) is 23.0 Å². The van der Waals surface area contributed by atoms with Crippen LogP contribution < -0.4 is 0 Å². The molecule has 1 saturated heterocycles. The van der Waals surface area contributed by atoms with E-state index in [1.165, 1.54) is 0 Å². The van der Waals surface area contributed by atoms with Gasteiger partial charge in [-0.1, -0.05) is 5.21 Å². The van der Waals surface area contributed by atoms with E-state index in [0.29, 0.717) is 18.7 Å². The van der Waals surface area contributed by atoms with Gasteiger partial charge in [0.1, 0.15) is 5.52 Å². The van der Waals surface area contributed by atoms with Crippen molar-refractivity contribution in [2.45, 2.75) is 20.0 Å². The number of piperazine rings is 1. The number of carbonyl (C=O) groups is 1. The molecule has 0 bridgehead atoms. The van der Waals surface area contributed by atoms with Crippen LogP contribution in [0.15, 0.2) is 46.4 Å². The van der Waals surface area contributed by atoms with E-state index in [4.69, 9.17) is 4.42 Å². The van der Waals surface area contributed by atoms with Gasteiger partial charge in [0.25, 0.3) is 5.91 Å².